The van der Waals surface area contributed by atoms with Crippen LogP contribution in [0.5, 0.6) is 0 Å². The molecule has 8 nitrogen and oxygen atoms in total. The number of rotatable bonds is 5. The van der Waals surface area contributed by atoms with Crippen molar-refractivity contribution >= 4 is 17.8 Å². The van der Waals surface area contributed by atoms with Gasteiger partial charge in [-0.05, 0) is 30.7 Å². The Kier molecular flexibility index (Phi) is 4.63. The Balaban J connectivity index is 1.37. The van der Waals surface area contributed by atoms with Crippen molar-refractivity contribution in [1.82, 2.24) is 15.2 Å². The maximum absolute atomic E-state index is 13.7. The van der Waals surface area contributed by atoms with Crippen LogP contribution in [0.25, 0.3) is 11.4 Å². The predicted molar refractivity (Wildman–Crippen MR) is 95.8 cm³/mol. The molecular weight excluding hydrogens is 381 g/mol. The van der Waals surface area contributed by atoms with Crippen LogP contribution in [0, 0.1) is 12.7 Å². The summed E-state index contributed by atoms with van der Waals surface area (Å²) in [6.45, 7) is 1.64. The van der Waals surface area contributed by atoms with E-state index in [1.165, 1.54) is 18.2 Å². The molecule has 0 radical (unpaired) electrons. The predicted octanol–water partition coefficient (Wildman–Crippen LogP) is 2.87. The number of fused-ring (bicyclic) bond motifs is 1. The van der Waals surface area contributed by atoms with E-state index in [0.29, 0.717) is 16.2 Å². The minimum Gasteiger partial charge on any atom is -0.339 e. The molecule has 0 unspecified atom stereocenters. The lowest BCUT2D eigenvalue weighted by molar-refractivity contribution is -0.168. The minimum absolute atomic E-state index is 0.0311. The number of aryl methyl sites for hydroxylation is 2. The van der Waals surface area contributed by atoms with Crippen LogP contribution in [0.15, 0.2) is 47.0 Å². The lowest BCUT2D eigenvalue weighted by Crippen LogP contribution is -2.32. The molecule has 1 aromatic heterocycles. The van der Waals surface area contributed by atoms with Crippen molar-refractivity contribution in [3.05, 3.63) is 70.9 Å². The zero-order valence-corrected chi connectivity index (χ0v) is 15.2. The van der Waals surface area contributed by atoms with Crippen molar-refractivity contribution in [3.63, 3.8) is 0 Å². The van der Waals surface area contributed by atoms with Crippen LogP contribution >= 0.6 is 0 Å². The van der Waals surface area contributed by atoms with Crippen molar-refractivity contribution in [3.8, 4) is 11.4 Å². The first-order chi connectivity index (χ1) is 13.9. The van der Waals surface area contributed by atoms with Gasteiger partial charge in [0.1, 0.15) is 5.82 Å². The maximum atomic E-state index is 13.7. The lowest BCUT2D eigenvalue weighted by Gasteiger charge is -2.12. The molecule has 9 heteroatoms. The summed E-state index contributed by atoms with van der Waals surface area (Å²) < 4.78 is 18.7. The summed E-state index contributed by atoms with van der Waals surface area (Å²) in [5.74, 6) is -2.26. The van der Waals surface area contributed by atoms with Crippen molar-refractivity contribution < 1.29 is 28.1 Å². The summed E-state index contributed by atoms with van der Waals surface area (Å²) in [5, 5.41) is 4.21. The number of carbonyl (C=O) groups excluding carboxylic acids is 3. The van der Waals surface area contributed by atoms with E-state index in [1.807, 2.05) is 0 Å². The van der Waals surface area contributed by atoms with Crippen molar-refractivity contribution in [2.45, 2.75) is 19.8 Å². The third-order valence-corrected chi connectivity index (χ3v) is 4.39. The van der Waals surface area contributed by atoms with Crippen LogP contribution in [0.3, 0.4) is 0 Å². The smallest absolute Gasteiger partial charge is 0.333 e. The van der Waals surface area contributed by atoms with E-state index < -0.39 is 23.6 Å². The first-order valence-corrected chi connectivity index (χ1v) is 8.72. The number of amides is 2. The van der Waals surface area contributed by atoms with E-state index in [1.54, 1.807) is 31.2 Å². The molecule has 0 saturated heterocycles. The zero-order valence-electron chi connectivity index (χ0n) is 15.2. The minimum atomic E-state index is -0.805. The standard InChI is InChI=1S/C20H14FN3O5/c1-11-6-7-12(10-15(11)21)18-22-16(28-23-18)8-9-17(25)29-24-19(26)13-4-2-3-5-14(13)20(24)27/h2-7,10H,8-9H2,1H3. The molecule has 146 valence electrons. The van der Waals surface area contributed by atoms with E-state index in [0.717, 1.165) is 0 Å². The molecule has 0 saturated carbocycles. The summed E-state index contributed by atoms with van der Waals surface area (Å²) in [5.41, 5.74) is 1.29. The Morgan fingerprint density at radius 3 is 2.48 bits per heavy atom. The molecule has 0 spiro atoms. The molecule has 1 aliphatic heterocycles. The fourth-order valence-corrected chi connectivity index (χ4v) is 2.81. The summed E-state index contributed by atoms with van der Waals surface area (Å²) in [4.78, 5) is 45.5. The molecule has 3 aromatic rings. The van der Waals surface area contributed by atoms with Gasteiger partial charge in [0.25, 0.3) is 11.8 Å². The first kappa shape index (κ1) is 18.5. The molecular formula is C20H14FN3O5. The van der Waals surface area contributed by atoms with E-state index >= 15 is 0 Å². The Labute approximate surface area is 163 Å². The van der Waals surface area contributed by atoms with Gasteiger partial charge in [-0.1, -0.05) is 34.5 Å². The summed E-state index contributed by atoms with van der Waals surface area (Å²) in [6, 6.07) is 10.7. The highest BCUT2D eigenvalue weighted by Gasteiger charge is 2.38. The van der Waals surface area contributed by atoms with Crippen molar-refractivity contribution in [2.75, 3.05) is 0 Å². The first-order valence-electron chi connectivity index (χ1n) is 8.72. The fourth-order valence-electron chi connectivity index (χ4n) is 2.81. The number of benzene rings is 2. The topological polar surface area (TPSA) is 103 Å². The SMILES string of the molecule is Cc1ccc(-c2noc(CCC(=O)ON3C(=O)c4ccccc4C3=O)n2)cc1F. The number of hydroxylamine groups is 2. The summed E-state index contributed by atoms with van der Waals surface area (Å²) in [7, 11) is 0. The second-order valence-electron chi connectivity index (χ2n) is 6.39. The van der Waals surface area contributed by atoms with Crippen LogP contribution in [-0.4, -0.2) is 33.0 Å². The largest absolute Gasteiger partial charge is 0.339 e. The van der Waals surface area contributed by atoms with Crippen LogP contribution < -0.4 is 0 Å². The van der Waals surface area contributed by atoms with E-state index in [2.05, 4.69) is 10.1 Å². The molecule has 0 atom stereocenters. The van der Waals surface area contributed by atoms with E-state index in [4.69, 9.17) is 9.36 Å². The molecule has 0 aliphatic carbocycles. The van der Waals surface area contributed by atoms with Crippen LogP contribution in [0.2, 0.25) is 0 Å². The third kappa shape index (κ3) is 3.49. The van der Waals surface area contributed by atoms with Gasteiger partial charge in [-0.25, -0.2) is 9.18 Å². The highest BCUT2D eigenvalue weighted by molar-refractivity contribution is 6.20. The normalized spacial score (nSPS) is 13.0. The molecule has 0 N–H and O–H groups in total. The zero-order chi connectivity index (χ0) is 20.5. The van der Waals surface area contributed by atoms with Crippen LogP contribution in [0.1, 0.15) is 38.6 Å². The van der Waals surface area contributed by atoms with Gasteiger partial charge in [0.2, 0.25) is 11.7 Å². The Bertz CT molecular complexity index is 1110. The lowest BCUT2D eigenvalue weighted by atomic mass is 10.1. The van der Waals surface area contributed by atoms with Gasteiger partial charge >= 0.3 is 5.97 Å². The van der Waals surface area contributed by atoms with E-state index in [-0.39, 0.29) is 35.7 Å². The van der Waals surface area contributed by atoms with Gasteiger partial charge in [-0.3, -0.25) is 9.59 Å². The van der Waals surface area contributed by atoms with Gasteiger partial charge in [0.15, 0.2) is 0 Å². The molecule has 1 aliphatic rings. The van der Waals surface area contributed by atoms with Crippen LogP contribution in [-0.2, 0) is 16.1 Å². The Hall–Kier alpha value is -3.88. The Morgan fingerprint density at radius 2 is 1.83 bits per heavy atom. The molecule has 29 heavy (non-hydrogen) atoms. The molecule has 4 rings (SSSR count). The second kappa shape index (κ2) is 7.27. The average Bonchev–Trinajstić information content (AvgIpc) is 3.28. The monoisotopic (exact) mass is 395 g/mol. The number of hydrogen-bond acceptors (Lipinski definition) is 7. The molecule has 2 heterocycles. The summed E-state index contributed by atoms with van der Waals surface area (Å²) in [6.07, 6.45) is -0.166. The molecule has 0 bridgehead atoms. The van der Waals surface area contributed by atoms with Crippen molar-refractivity contribution in [1.29, 1.82) is 0 Å². The number of aromatic nitrogens is 2. The second-order valence-corrected chi connectivity index (χ2v) is 6.39. The van der Waals surface area contributed by atoms with Gasteiger partial charge in [0, 0.05) is 12.0 Å². The number of imide groups is 1. The molecule has 2 aromatic carbocycles. The van der Waals surface area contributed by atoms with Gasteiger partial charge in [-0.15, -0.1) is 0 Å². The molecule has 2 amide bonds. The Morgan fingerprint density at radius 1 is 1.14 bits per heavy atom. The average molecular weight is 395 g/mol. The fraction of sp³-hybridized carbons (Fsp3) is 0.150. The molecule has 0 fully saturated rings. The highest BCUT2D eigenvalue weighted by Crippen LogP contribution is 2.23. The van der Waals surface area contributed by atoms with Crippen molar-refractivity contribution in [2.24, 2.45) is 0 Å². The summed E-state index contributed by atoms with van der Waals surface area (Å²) >= 11 is 0. The number of halogens is 1. The maximum Gasteiger partial charge on any atom is 0.333 e. The quantitative estimate of drug-likeness (QED) is 0.612. The number of carbonyl (C=O) groups is 3. The van der Waals surface area contributed by atoms with E-state index in [9.17, 15) is 18.8 Å². The highest BCUT2D eigenvalue weighted by atomic mass is 19.1. The number of nitrogens with zero attached hydrogens (tertiary/aromatic N) is 3. The van der Waals surface area contributed by atoms with Gasteiger partial charge in [0.05, 0.1) is 17.5 Å². The third-order valence-electron chi connectivity index (χ3n) is 4.39. The van der Waals surface area contributed by atoms with Crippen LogP contribution in [0.4, 0.5) is 4.39 Å². The number of hydrogen-bond donors (Lipinski definition) is 0. The van der Waals surface area contributed by atoms with Gasteiger partial charge < -0.3 is 9.36 Å². The van der Waals surface area contributed by atoms with Gasteiger partial charge in [-0.2, -0.15) is 4.98 Å².